The molecular formula is C17H13NO. The highest BCUT2D eigenvalue weighted by atomic mass is 16.5. The fourth-order valence-electron chi connectivity index (χ4n) is 3.03. The summed E-state index contributed by atoms with van der Waals surface area (Å²) in [5.74, 6) is 0.769. The lowest BCUT2D eigenvalue weighted by Crippen LogP contribution is -1.95. The van der Waals surface area contributed by atoms with E-state index in [1.165, 1.54) is 21.5 Å². The molecule has 0 aliphatic rings. The molecule has 0 aromatic heterocycles. The normalized spacial score (nSPS) is 11.6. The smallest absolute Gasteiger partial charge is 0.149 e. The Morgan fingerprint density at radius 1 is 0.842 bits per heavy atom. The second kappa shape index (κ2) is 3.51. The van der Waals surface area contributed by atoms with E-state index in [2.05, 4.69) is 42.5 Å². The molecular weight excluding hydrogens is 234 g/mol. The highest BCUT2D eigenvalue weighted by Gasteiger charge is 2.13. The molecule has 2 heteroatoms. The molecule has 0 saturated carbocycles. The Morgan fingerprint density at radius 3 is 2.26 bits per heavy atom. The largest absolute Gasteiger partial charge is 0.494 e. The van der Waals surface area contributed by atoms with Crippen LogP contribution in [0.1, 0.15) is 0 Å². The predicted octanol–water partition coefficient (Wildman–Crippen LogP) is 4.17. The molecule has 0 saturated heterocycles. The third-order valence-electron chi connectivity index (χ3n) is 3.83. The molecule has 0 bridgehead atoms. The fourth-order valence-corrected chi connectivity index (χ4v) is 3.03. The summed E-state index contributed by atoms with van der Waals surface area (Å²) in [6, 6.07) is 16.9. The quantitative estimate of drug-likeness (QED) is 0.404. The molecule has 4 aromatic rings. The maximum absolute atomic E-state index is 6.08. The second-order valence-electron chi connectivity index (χ2n) is 4.86. The monoisotopic (exact) mass is 247 g/mol. The highest BCUT2D eigenvalue weighted by molar-refractivity contribution is 6.25. The highest BCUT2D eigenvalue weighted by Crippen LogP contribution is 2.41. The molecule has 2 N–H and O–H groups in total. The molecule has 0 unspecified atom stereocenters. The van der Waals surface area contributed by atoms with Crippen molar-refractivity contribution in [1.29, 1.82) is 0 Å². The molecule has 4 aromatic carbocycles. The first-order valence-electron chi connectivity index (χ1n) is 6.29. The minimum Gasteiger partial charge on any atom is -0.494 e. The van der Waals surface area contributed by atoms with Crippen LogP contribution in [0.25, 0.3) is 32.3 Å². The van der Waals surface area contributed by atoms with E-state index in [0.29, 0.717) is 5.69 Å². The summed E-state index contributed by atoms with van der Waals surface area (Å²) in [5.41, 5.74) is 6.77. The van der Waals surface area contributed by atoms with Crippen molar-refractivity contribution < 1.29 is 4.74 Å². The number of ether oxygens (including phenoxy) is 1. The summed E-state index contributed by atoms with van der Waals surface area (Å²) in [4.78, 5) is 0. The lowest BCUT2D eigenvalue weighted by molar-refractivity contribution is 0.422. The Morgan fingerprint density at radius 2 is 1.53 bits per heavy atom. The van der Waals surface area contributed by atoms with Gasteiger partial charge in [0.1, 0.15) is 5.75 Å². The molecule has 0 atom stereocenters. The van der Waals surface area contributed by atoms with Crippen LogP contribution in [0.3, 0.4) is 0 Å². The number of nitrogen functional groups attached to an aromatic ring is 1. The Labute approximate surface area is 110 Å². The van der Waals surface area contributed by atoms with Crippen LogP contribution in [0.4, 0.5) is 5.69 Å². The van der Waals surface area contributed by atoms with E-state index in [0.717, 1.165) is 16.5 Å². The average Bonchev–Trinajstić information content (AvgIpc) is 2.44. The number of hydrogen-bond donors (Lipinski definition) is 1. The van der Waals surface area contributed by atoms with Crippen LogP contribution in [-0.2, 0) is 0 Å². The van der Waals surface area contributed by atoms with Crippen molar-refractivity contribution in [2.24, 2.45) is 0 Å². The molecule has 0 aliphatic carbocycles. The van der Waals surface area contributed by atoms with E-state index >= 15 is 0 Å². The van der Waals surface area contributed by atoms with Crippen molar-refractivity contribution in [2.75, 3.05) is 12.8 Å². The molecule has 0 amide bonds. The standard InChI is InChI=1S/C17H13NO/c1-19-17-13-8-7-11-4-2-3-10-5-6-12(9-14(17)18)16(13)15(10)11/h2-9H,18H2,1H3. The third-order valence-corrected chi connectivity index (χ3v) is 3.83. The first-order valence-corrected chi connectivity index (χ1v) is 6.29. The van der Waals surface area contributed by atoms with Gasteiger partial charge in [-0.3, -0.25) is 0 Å². The zero-order chi connectivity index (χ0) is 13.0. The fraction of sp³-hybridized carbons (Fsp3) is 0.0588. The number of hydrogen-bond acceptors (Lipinski definition) is 2. The Bertz CT molecular complexity index is 895. The van der Waals surface area contributed by atoms with Crippen LogP contribution in [0, 0.1) is 0 Å². The molecule has 92 valence electrons. The summed E-state index contributed by atoms with van der Waals surface area (Å²) in [6.07, 6.45) is 0. The summed E-state index contributed by atoms with van der Waals surface area (Å²) >= 11 is 0. The number of benzene rings is 4. The molecule has 0 aliphatic heterocycles. The predicted molar refractivity (Wildman–Crippen MR) is 81.1 cm³/mol. The summed E-state index contributed by atoms with van der Waals surface area (Å²) in [7, 11) is 1.67. The van der Waals surface area contributed by atoms with Gasteiger partial charge in [-0.25, -0.2) is 0 Å². The van der Waals surface area contributed by atoms with Crippen molar-refractivity contribution >= 4 is 38.0 Å². The van der Waals surface area contributed by atoms with Gasteiger partial charge < -0.3 is 10.5 Å². The second-order valence-corrected chi connectivity index (χ2v) is 4.86. The van der Waals surface area contributed by atoms with Crippen LogP contribution >= 0.6 is 0 Å². The van der Waals surface area contributed by atoms with E-state index in [4.69, 9.17) is 10.5 Å². The minimum atomic E-state index is 0.688. The van der Waals surface area contributed by atoms with Crippen LogP contribution < -0.4 is 10.5 Å². The van der Waals surface area contributed by atoms with Gasteiger partial charge in [0.05, 0.1) is 12.8 Å². The van der Waals surface area contributed by atoms with E-state index in [9.17, 15) is 0 Å². The molecule has 0 radical (unpaired) electrons. The molecule has 0 spiro atoms. The van der Waals surface area contributed by atoms with Crippen LogP contribution in [0.15, 0.2) is 48.5 Å². The summed E-state index contributed by atoms with van der Waals surface area (Å²) in [5, 5.41) is 7.28. The number of rotatable bonds is 1. The van der Waals surface area contributed by atoms with Crippen molar-refractivity contribution in [3.63, 3.8) is 0 Å². The van der Waals surface area contributed by atoms with Gasteiger partial charge >= 0.3 is 0 Å². The topological polar surface area (TPSA) is 35.2 Å². The zero-order valence-corrected chi connectivity index (χ0v) is 10.6. The lowest BCUT2D eigenvalue weighted by Gasteiger charge is -2.14. The first kappa shape index (κ1) is 10.4. The first-order chi connectivity index (χ1) is 9.29. The van der Waals surface area contributed by atoms with Crippen LogP contribution in [0.2, 0.25) is 0 Å². The van der Waals surface area contributed by atoms with E-state index in [-0.39, 0.29) is 0 Å². The molecule has 0 heterocycles. The minimum absolute atomic E-state index is 0.688. The zero-order valence-electron chi connectivity index (χ0n) is 10.6. The van der Waals surface area contributed by atoms with Gasteiger partial charge in [-0.2, -0.15) is 0 Å². The maximum atomic E-state index is 6.08. The van der Waals surface area contributed by atoms with Gasteiger partial charge in [-0.15, -0.1) is 0 Å². The van der Waals surface area contributed by atoms with Crippen molar-refractivity contribution in [2.45, 2.75) is 0 Å². The van der Waals surface area contributed by atoms with Gasteiger partial charge in [0.2, 0.25) is 0 Å². The van der Waals surface area contributed by atoms with Gasteiger partial charge in [-0.1, -0.05) is 36.4 Å². The number of methoxy groups -OCH3 is 1. The number of anilines is 1. The van der Waals surface area contributed by atoms with Gasteiger partial charge in [-0.05, 0) is 33.7 Å². The SMILES string of the molecule is COc1c(N)cc2ccc3cccc4ccc1c2c34. The summed E-state index contributed by atoms with van der Waals surface area (Å²) < 4.78 is 5.48. The molecule has 0 fully saturated rings. The van der Waals surface area contributed by atoms with E-state index in [1.807, 2.05) is 6.07 Å². The Hall–Kier alpha value is -2.48. The molecule has 4 rings (SSSR count). The van der Waals surface area contributed by atoms with Gasteiger partial charge in [0, 0.05) is 10.8 Å². The lowest BCUT2D eigenvalue weighted by atomic mass is 9.93. The van der Waals surface area contributed by atoms with Crippen molar-refractivity contribution in [1.82, 2.24) is 0 Å². The Balaban J connectivity index is 2.39. The average molecular weight is 247 g/mol. The van der Waals surface area contributed by atoms with Crippen molar-refractivity contribution in [3.8, 4) is 5.75 Å². The molecule has 19 heavy (non-hydrogen) atoms. The maximum Gasteiger partial charge on any atom is 0.149 e. The van der Waals surface area contributed by atoms with E-state index < -0.39 is 0 Å². The van der Waals surface area contributed by atoms with E-state index in [1.54, 1.807) is 7.11 Å². The Kier molecular flexibility index (Phi) is 1.93. The summed E-state index contributed by atoms with van der Waals surface area (Å²) in [6.45, 7) is 0. The molecule has 2 nitrogen and oxygen atoms in total. The third kappa shape index (κ3) is 1.26. The van der Waals surface area contributed by atoms with Crippen LogP contribution in [0.5, 0.6) is 5.75 Å². The van der Waals surface area contributed by atoms with Crippen LogP contribution in [-0.4, -0.2) is 7.11 Å². The van der Waals surface area contributed by atoms with Gasteiger partial charge in [0.15, 0.2) is 0 Å². The number of nitrogens with two attached hydrogens (primary N) is 1. The van der Waals surface area contributed by atoms with Gasteiger partial charge in [0.25, 0.3) is 0 Å². The van der Waals surface area contributed by atoms with Crippen molar-refractivity contribution in [3.05, 3.63) is 48.5 Å².